The van der Waals surface area contributed by atoms with E-state index in [0.29, 0.717) is 5.95 Å². The predicted octanol–water partition coefficient (Wildman–Crippen LogP) is 1.29. The zero-order chi connectivity index (χ0) is 18.7. The predicted molar refractivity (Wildman–Crippen MR) is 101 cm³/mol. The molecule has 2 aromatic heterocycles. The van der Waals surface area contributed by atoms with Crippen molar-refractivity contribution >= 4 is 43.3 Å². The van der Waals surface area contributed by atoms with Gasteiger partial charge in [-0.2, -0.15) is 19.9 Å². The zero-order valence-electron chi connectivity index (χ0n) is 14.1. The first-order valence-electron chi connectivity index (χ1n) is 7.58. The van der Waals surface area contributed by atoms with Crippen molar-refractivity contribution in [1.29, 1.82) is 0 Å². The lowest BCUT2D eigenvalue weighted by Crippen LogP contribution is -2.49. The van der Waals surface area contributed by atoms with Crippen LogP contribution in [-0.2, 0) is 4.79 Å². The summed E-state index contributed by atoms with van der Waals surface area (Å²) in [6, 6.07) is 3.09. The molecule has 5 N–H and O–H groups in total. The van der Waals surface area contributed by atoms with Gasteiger partial charge >= 0.3 is 5.97 Å². The number of carbonyl (C=O) groups is 1. The van der Waals surface area contributed by atoms with Crippen LogP contribution >= 0.6 is 19.7 Å². The lowest BCUT2D eigenvalue weighted by molar-refractivity contribution is -0.141. The summed E-state index contributed by atoms with van der Waals surface area (Å²) >= 11 is 1.56. The minimum Gasteiger partial charge on any atom is -0.480 e. The standard InChI is InChI=1S/C13H18N9O2PS/c1-8(10-4-3-5-26-10)18-21-7-22(9(2)11(23)24)25(19-12(21)14)20-13-15-6-16-17-13/h3-6,9H,7H2,1-2H3,(H2,14,19)(H,23,24)(H2,15,16,17,20). The summed E-state index contributed by atoms with van der Waals surface area (Å²) in [7, 11) is -1.47. The second-order valence-electron chi connectivity index (χ2n) is 5.35. The molecule has 0 radical (unpaired) electrons. The number of guanidine groups is 1. The molecule has 0 spiro atoms. The van der Waals surface area contributed by atoms with E-state index in [1.165, 1.54) is 11.3 Å². The average Bonchev–Trinajstić information content (AvgIpc) is 3.29. The molecule has 1 aliphatic heterocycles. The van der Waals surface area contributed by atoms with Crippen LogP contribution in [0.1, 0.15) is 18.7 Å². The molecule has 3 rings (SSSR count). The molecular formula is C13H18N9O2PS. The largest absolute Gasteiger partial charge is 0.480 e. The van der Waals surface area contributed by atoms with Crippen LogP contribution in [0.4, 0.5) is 5.95 Å². The summed E-state index contributed by atoms with van der Waals surface area (Å²) in [5.74, 6) is -0.374. The van der Waals surface area contributed by atoms with E-state index in [0.717, 1.165) is 10.6 Å². The Kier molecular flexibility index (Phi) is 5.45. The number of anilines is 1. The van der Waals surface area contributed by atoms with Crippen LogP contribution in [0.25, 0.3) is 0 Å². The Morgan fingerprint density at radius 2 is 2.42 bits per heavy atom. The number of thiophene rings is 1. The molecule has 0 fully saturated rings. The first kappa shape index (κ1) is 18.2. The molecule has 0 saturated heterocycles. The lowest BCUT2D eigenvalue weighted by atomic mass is 10.3. The summed E-state index contributed by atoms with van der Waals surface area (Å²) in [5.41, 5.74) is 6.84. The minimum atomic E-state index is -1.47. The molecule has 13 heteroatoms. The third-order valence-corrected chi connectivity index (χ3v) is 6.30. The molecule has 0 aromatic carbocycles. The quantitative estimate of drug-likeness (QED) is 0.422. The number of rotatable bonds is 6. The van der Waals surface area contributed by atoms with Crippen LogP contribution in [0.2, 0.25) is 0 Å². The average molecular weight is 395 g/mol. The second kappa shape index (κ2) is 7.77. The van der Waals surface area contributed by atoms with Gasteiger partial charge < -0.3 is 15.9 Å². The van der Waals surface area contributed by atoms with Crippen LogP contribution in [0.3, 0.4) is 0 Å². The van der Waals surface area contributed by atoms with Gasteiger partial charge in [-0.05, 0) is 25.3 Å². The number of nitrogens with one attached hydrogen (secondary N) is 2. The van der Waals surface area contributed by atoms with E-state index in [9.17, 15) is 9.90 Å². The molecule has 0 saturated carbocycles. The van der Waals surface area contributed by atoms with Gasteiger partial charge in [-0.15, -0.1) is 11.3 Å². The normalized spacial score (nSPS) is 19.9. The number of hydrogen-bond donors (Lipinski definition) is 4. The molecule has 2 aromatic rings. The van der Waals surface area contributed by atoms with Gasteiger partial charge in [0, 0.05) is 0 Å². The van der Waals surface area contributed by atoms with E-state index >= 15 is 0 Å². The highest BCUT2D eigenvalue weighted by atomic mass is 32.1. The third-order valence-electron chi connectivity index (χ3n) is 3.56. The maximum Gasteiger partial charge on any atom is 0.321 e. The highest BCUT2D eigenvalue weighted by molar-refractivity contribution is 7.55. The molecule has 0 aliphatic carbocycles. The first-order chi connectivity index (χ1) is 12.5. The van der Waals surface area contributed by atoms with Gasteiger partial charge in [-0.1, -0.05) is 6.07 Å². The number of H-pyrrole nitrogens is 1. The van der Waals surface area contributed by atoms with Gasteiger partial charge in [-0.25, -0.2) is 14.8 Å². The van der Waals surface area contributed by atoms with Crippen LogP contribution in [-0.4, -0.2) is 60.3 Å². The highest BCUT2D eigenvalue weighted by Gasteiger charge is 2.35. The molecule has 11 nitrogen and oxygen atoms in total. The Bertz CT molecular complexity index is 808. The van der Waals surface area contributed by atoms with E-state index in [2.05, 4.69) is 30.1 Å². The van der Waals surface area contributed by atoms with Crippen LogP contribution in [0.5, 0.6) is 0 Å². The maximum absolute atomic E-state index is 11.5. The summed E-state index contributed by atoms with van der Waals surface area (Å²) in [6.07, 6.45) is 1.35. The Labute approximate surface area is 154 Å². The number of hydrazone groups is 1. The first-order valence-corrected chi connectivity index (χ1v) is 9.70. The van der Waals surface area contributed by atoms with E-state index < -0.39 is 20.4 Å². The SMILES string of the molecule is CC(=NN1CN(C(C)C(=O)O)P(Nc2ncn[nH]2)N=C1N)c1cccs1. The Balaban J connectivity index is 1.87. The second-order valence-corrected chi connectivity index (χ2v) is 7.81. The third kappa shape index (κ3) is 3.98. The van der Waals surface area contributed by atoms with Crippen LogP contribution in [0, 0.1) is 0 Å². The number of carboxylic acids is 1. The molecule has 0 bridgehead atoms. The number of nitrogens with two attached hydrogens (primary N) is 1. The van der Waals surface area contributed by atoms with E-state index in [1.807, 2.05) is 24.4 Å². The molecule has 2 atom stereocenters. The Morgan fingerprint density at radius 1 is 1.62 bits per heavy atom. The van der Waals surface area contributed by atoms with Crippen LogP contribution in [0.15, 0.2) is 33.7 Å². The maximum atomic E-state index is 11.5. The summed E-state index contributed by atoms with van der Waals surface area (Å²) in [4.78, 5) is 16.5. The van der Waals surface area contributed by atoms with Gasteiger partial charge in [0.2, 0.25) is 20.3 Å². The molecule has 0 amide bonds. The molecular weight excluding hydrogens is 377 g/mol. The fourth-order valence-electron chi connectivity index (χ4n) is 2.13. The van der Waals surface area contributed by atoms with Crippen molar-refractivity contribution in [3.8, 4) is 0 Å². The fraction of sp³-hybridized carbons (Fsp3) is 0.308. The lowest BCUT2D eigenvalue weighted by Gasteiger charge is -2.38. The fourth-order valence-corrected chi connectivity index (χ4v) is 4.36. The number of carboxylic acid groups (broad SMARTS) is 1. The summed E-state index contributed by atoms with van der Waals surface area (Å²) in [6.45, 7) is 3.64. The Morgan fingerprint density at radius 3 is 3.04 bits per heavy atom. The van der Waals surface area contributed by atoms with E-state index in [1.54, 1.807) is 22.9 Å². The van der Waals surface area contributed by atoms with Crippen molar-refractivity contribution in [2.24, 2.45) is 15.6 Å². The smallest absolute Gasteiger partial charge is 0.321 e. The molecule has 26 heavy (non-hydrogen) atoms. The molecule has 138 valence electrons. The van der Waals surface area contributed by atoms with Crippen molar-refractivity contribution in [1.82, 2.24) is 24.9 Å². The number of aromatic nitrogens is 3. The Hall–Kier alpha value is -2.56. The van der Waals surface area contributed by atoms with Crippen molar-refractivity contribution < 1.29 is 9.90 Å². The topological polar surface area (TPSA) is 148 Å². The van der Waals surface area contributed by atoms with Crippen LogP contribution < -0.4 is 10.8 Å². The number of aliphatic carboxylic acids is 1. The van der Waals surface area contributed by atoms with Crippen molar-refractivity contribution in [3.05, 3.63) is 28.7 Å². The van der Waals surface area contributed by atoms with Gasteiger partial charge in [0.05, 0.1) is 10.6 Å². The van der Waals surface area contributed by atoms with E-state index in [4.69, 9.17) is 5.73 Å². The van der Waals surface area contributed by atoms with Crippen molar-refractivity contribution in [2.75, 3.05) is 11.8 Å². The molecule has 2 unspecified atom stereocenters. The summed E-state index contributed by atoms with van der Waals surface area (Å²) < 4.78 is 6.07. The molecule has 3 heterocycles. The van der Waals surface area contributed by atoms with Gasteiger partial charge in [0.25, 0.3) is 0 Å². The van der Waals surface area contributed by atoms with E-state index in [-0.39, 0.29) is 12.6 Å². The highest BCUT2D eigenvalue weighted by Crippen LogP contribution is 2.45. The van der Waals surface area contributed by atoms with Crippen molar-refractivity contribution in [3.63, 3.8) is 0 Å². The van der Waals surface area contributed by atoms with Crippen molar-refractivity contribution in [2.45, 2.75) is 19.9 Å². The number of aromatic amines is 1. The number of hydrogen-bond acceptors (Lipinski definition) is 10. The minimum absolute atomic E-state index is 0.179. The molecule has 1 aliphatic rings. The van der Waals surface area contributed by atoms with Gasteiger partial charge in [-0.3, -0.25) is 4.79 Å². The zero-order valence-corrected chi connectivity index (χ0v) is 15.8. The van der Waals surface area contributed by atoms with Gasteiger partial charge in [0.15, 0.2) is 0 Å². The monoisotopic (exact) mass is 395 g/mol. The number of nitrogens with zero attached hydrogens (tertiary/aromatic N) is 6. The summed E-state index contributed by atoms with van der Waals surface area (Å²) in [5, 5.41) is 26.9. The van der Waals surface area contributed by atoms with Gasteiger partial charge in [0.1, 0.15) is 19.0 Å².